The van der Waals surface area contributed by atoms with Crippen LogP contribution in [0.3, 0.4) is 0 Å². The van der Waals surface area contributed by atoms with Gasteiger partial charge in [0.2, 0.25) is 0 Å². The molecule has 2 aliphatic rings. The average molecular weight is 566 g/mol. The first-order valence-electron chi connectivity index (χ1n) is 12.4. The summed E-state index contributed by atoms with van der Waals surface area (Å²) in [5.74, 6) is -2.61. The number of halogens is 3. The normalized spacial score (nSPS) is 19.2. The molecule has 3 aromatic rings. The molecule has 8 nitrogen and oxygen atoms in total. The molecule has 0 radical (unpaired) electrons. The van der Waals surface area contributed by atoms with Gasteiger partial charge in [-0.15, -0.1) is 0 Å². The number of nitro groups is 1. The van der Waals surface area contributed by atoms with Crippen LogP contribution in [0, 0.1) is 27.7 Å². The van der Waals surface area contributed by atoms with Gasteiger partial charge >= 0.3 is 5.97 Å². The Labute approximate surface area is 232 Å². The topological polar surface area (TPSA) is 102 Å². The van der Waals surface area contributed by atoms with Crippen LogP contribution in [0.1, 0.15) is 46.8 Å². The second kappa shape index (κ2) is 11.4. The van der Waals surface area contributed by atoms with E-state index in [1.165, 1.54) is 35.3 Å². The lowest BCUT2D eigenvalue weighted by Gasteiger charge is -2.29. The van der Waals surface area contributed by atoms with Crippen molar-refractivity contribution in [1.29, 1.82) is 0 Å². The second-order valence-electron chi connectivity index (χ2n) is 9.44. The van der Waals surface area contributed by atoms with Crippen molar-refractivity contribution in [3.05, 3.63) is 116 Å². The number of benzene rings is 3. The highest BCUT2D eigenvalue weighted by Gasteiger charge is 2.44. The van der Waals surface area contributed by atoms with Gasteiger partial charge < -0.3 is 4.74 Å². The first kappa shape index (κ1) is 27.1. The molecular formula is C29H22ClF2N3O5. The van der Waals surface area contributed by atoms with E-state index in [1.54, 1.807) is 24.3 Å². The summed E-state index contributed by atoms with van der Waals surface area (Å²) < 4.78 is 32.3. The minimum atomic E-state index is -0.999. The predicted octanol–water partition coefficient (Wildman–Crippen LogP) is 6.51. The number of allylic oxidation sites excluding steroid dienone is 1. The zero-order valence-corrected chi connectivity index (χ0v) is 21.7. The van der Waals surface area contributed by atoms with Gasteiger partial charge in [0.15, 0.2) is 6.61 Å². The second-order valence-corrected chi connectivity index (χ2v) is 9.84. The molecule has 0 aromatic heterocycles. The van der Waals surface area contributed by atoms with Gasteiger partial charge in [0.25, 0.3) is 11.6 Å². The molecule has 40 heavy (non-hydrogen) atoms. The standard InChI is InChI=1S/C29H22ClF2N3O5/c30-25-13-12-22(35(38)39)15-24(25)29(37)40-16-26(36)34-28(18-6-10-21(32)11-7-18)23-3-1-2-19(27(23)33-34)14-17-4-8-20(31)9-5-17/h4-15,23,28H,1-3,16H2. The number of non-ortho nitro benzene ring substituents is 1. The van der Waals surface area contributed by atoms with Crippen LogP contribution in [-0.2, 0) is 9.53 Å². The number of fused-ring (bicyclic) bond motifs is 1. The van der Waals surface area contributed by atoms with Gasteiger partial charge in [0.05, 0.1) is 27.3 Å². The Morgan fingerprint density at radius 1 is 1.07 bits per heavy atom. The number of amides is 1. The van der Waals surface area contributed by atoms with Gasteiger partial charge in [-0.2, -0.15) is 5.10 Å². The van der Waals surface area contributed by atoms with Crippen LogP contribution >= 0.6 is 11.6 Å². The summed E-state index contributed by atoms with van der Waals surface area (Å²) in [6, 6.07) is 14.6. The van der Waals surface area contributed by atoms with Gasteiger partial charge in [-0.05, 0) is 72.4 Å². The van der Waals surface area contributed by atoms with Crippen LogP contribution in [0.15, 0.2) is 77.4 Å². The van der Waals surface area contributed by atoms with E-state index in [4.69, 9.17) is 16.3 Å². The lowest BCUT2D eigenvalue weighted by Crippen LogP contribution is -2.34. The molecule has 0 N–H and O–H groups in total. The van der Waals surface area contributed by atoms with Gasteiger partial charge in [0, 0.05) is 18.1 Å². The molecule has 5 rings (SSSR count). The molecule has 1 saturated carbocycles. The molecule has 0 saturated heterocycles. The van der Waals surface area contributed by atoms with Crippen LogP contribution in [-0.4, -0.2) is 34.1 Å². The zero-order chi connectivity index (χ0) is 28.4. The number of hydrogen-bond donors (Lipinski definition) is 0. The van der Waals surface area contributed by atoms with E-state index in [0.29, 0.717) is 24.1 Å². The Kier molecular flexibility index (Phi) is 7.70. The van der Waals surface area contributed by atoms with Crippen LogP contribution in [0.25, 0.3) is 6.08 Å². The average Bonchev–Trinajstić information content (AvgIpc) is 3.34. The van der Waals surface area contributed by atoms with E-state index in [0.717, 1.165) is 29.7 Å². The third-order valence-corrected chi connectivity index (χ3v) is 7.22. The van der Waals surface area contributed by atoms with E-state index in [1.807, 2.05) is 6.08 Å². The Balaban J connectivity index is 1.43. The highest BCUT2D eigenvalue weighted by Crippen LogP contribution is 2.44. The van der Waals surface area contributed by atoms with Crippen LogP contribution in [0.5, 0.6) is 0 Å². The first-order valence-corrected chi connectivity index (χ1v) is 12.8. The van der Waals surface area contributed by atoms with Crippen LogP contribution in [0.4, 0.5) is 14.5 Å². The number of rotatable bonds is 6. The molecule has 1 aliphatic heterocycles. The lowest BCUT2D eigenvalue weighted by atomic mass is 9.77. The first-order chi connectivity index (χ1) is 19.2. The molecule has 204 valence electrons. The molecule has 2 atom stereocenters. The fraction of sp³-hybridized carbons (Fsp3) is 0.207. The third kappa shape index (κ3) is 5.62. The van der Waals surface area contributed by atoms with Crippen molar-refractivity contribution in [3.63, 3.8) is 0 Å². The molecular weight excluding hydrogens is 544 g/mol. The van der Waals surface area contributed by atoms with E-state index >= 15 is 0 Å². The zero-order valence-electron chi connectivity index (χ0n) is 20.9. The van der Waals surface area contributed by atoms with Gasteiger partial charge in [0.1, 0.15) is 11.6 Å². The summed E-state index contributed by atoms with van der Waals surface area (Å²) in [5, 5.41) is 16.9. The number of esters is 1. The highest BCUT2D eigenvalue weighted by atomic mass is 35.5. The van der Waals surface area contributed by atoms with Gasteiger partial charge in [-0.3, -0.25) is 14.9 Å². The molecule has 2 unspecified atom stereocenters. The van der Waals surface area contributed by atoms with Crippen molar-refractivity contribution in [3.8, 4) is 0 Å². The smallest absolute Gasteiger partial charge is 0.340 e. The Morgan fingerprint density at radius 2 is 1.75 bits per heavy atom. The number of carbonyl (C=O) groups excluding carboxylic acids is 2. The Hall–Kier alpha value is -4.44. The summed E-state index contributed by atoms with van der Waals surface area (Å²) in [7, 11) is 0. The van der Waals surface area contributed by atoms with Crippen molar-refractivity contribution < 1.29 is 28.0 Å². The molecule has 1 amide bonds. The fourth-order valence-corrected chi connectivity index (χ4v) is 5.21. The van der Waals surface area contributed by atoms with E-state index < -0.39 is 35.3 Å². The van der Waals surface area contributed by atoms with Crippen molar-refractivity contribution in [1.82, 2.24) is 5.01 Å². The summed E-state index contributed by atoms with van der Waals surface area (Å²) >= 11 is 6.03. The molecule has 1 aliphatic carbocycles. The van der Waals surface area contributed by atoms with Gasteiger partial charge in [-0.25, -0.2) is 18.6 Å². The largest absolute Gasteiger partial charge is 0.452 e. The van der Waals surface area contributed by atoms with E-state index in [2.05, 4.69) is 5.10 Å². The number of hydrazone groups is 1. The number of nitrogens with zero attached hydrogens (tertiary/aromatic N) is 3. The number of ether oxygens (including phenoxy) is 1. The summed E-state index contributed by atoms with van der Waals surface area (Å²) in [6.07, 6.45) is 4.14. The van der Waals surface area contributed by atoms with Gasteiger partial charge in [-0.1, -0.05) is 35.9 Å². The maximum Gasteiger partial charge on any atom is 0.340 e. The van der Waals surface area contributed by atoms with Crippen LogP contribution < -0.4 is 0 Å². The summed E-state index contributed by atoms with van der Waals surface area (Å²) in [4.78, 5) is 36.5. The summed E-state index contributed by atoms with van der Waals surface area (Å²) in [5.41, 5.74) is 2.43. The summed E-state index contributed by atoms with van der Waals surface area (Å²) in [6.45, 7) is -0.698. The minimum absolute atomic E-state index is 0.0600. The minimum Gasteiger partial charge on any atom is -0.452 e. The maximum atomic E-state index is 13.7. The monoisotopic (exact) mass is 565 g/mol. The quantitative estimate of drug-likeness (QED) is 0.193. The lowest BCUT2D eigenvalue weighted by molar-refractivity contribution is -0.384. The predicted molar refractivity (Wildman–Crippen MR) is 144 cm³/mol. The van der Waals surface area contributed by atoms with Crippen LogP contribution in [0.2, 0.25) is 5.02 Å². The van der Waals surface area contributed by atoms with E-state index in [-0.39, 0.29) is 28.0 Å². The Morgan fingerprint density at radius 3 is 2.42 bits per heavy atom. The molecule has 0 spiro atoms. The van der Waals surface area contributed by atoms with Crippen molar-refractivity contribution >= 4 is 41.0 Å². The van der Waals surface area contributed by atoms with Crippen molar-refractivity contribution in [2.24, 2.45) is 11.0 Å². The Bertz CT molecular complexity index is 1540. The number of carbonyl (C=O) groups is 2. The fourth-order valence-electron chi connectivity index (χ4n) is 5.01. The van der Waals surface area contributed by atoms with Crippen molar-refractivity contribution in [2.45, 2.75) is 25.3 Å². The molecule has 11 heteroatoms. The maximum absolute atomic E-state index is 13.7. The van der Waals surface area contributed by atoms with E-state index in [9.17, 15) is 28.5 Å². The van der Waals surface area contributed by atoms with Crippen molar-refractivity contribution in [2.75, 3.05) is 6.61 Å². The SMILES string of the molecule is O=C(OCC(=O)N1N=C2C(=Cc3ccc(F)cc3)CCCC2C1c1ccc(F)cc1)c1cc([N+](=O)[O-])ccc1Cl. The highest BCUT2D eigenvalue weighted by molar-refractivity contribution is 6.33. The number of nitro benzene ring substituents is 1. The molecule has 3 aromatic carbocycles. The number of hydrogen-bond acceptors (Lipinski definition) is 6. The third-order valence-electron chi connectivity index (χ3n) is 6.89. The molecule has 1 heterocycles. The molecule has 0 bridgehead atoms. The molecule has 1 fully saturated rings.